The summed E-state index contributed by atoms with van der Waals surface area (Å²) in [7, 11) is -0.434. The molecule has 72 valence electrons. The lowest BCUT2D eigenvalue weighted by atomic mass is 10.2. The van der Waals surface area contributed by atoms with Gasteiger partial charge in [-0.05, 0) is 12.8 Å². The summed E-state index contributed by atoms with van der Waals surface area (Å²) >= 11 is 6.43. The van der Waals surface area contributed by atoms with Crippen molar-refractivity contribution in [3.8, 4) is 0 Å². The van der Waals surface area contributed by atoms with E-state index in [-0.39, 0.29) is 5.16 Å². The van der Waals surface area contributed by atoms with E-state index in [2.05, 4.69) is 25.4 Å². The maximum atomic E-state index is 6.43. The van der Waals surface area contributed by atoms with Crippen molar-refractivity contribution in [1.82, 2.24) is 4.67 Å². The minimum absolute atomic E-state index is 0.272. The Labute approximate surface area is 82.1 Å². The van der Waals surface area contributed by atoms with Crippen LogP contribution in [0.25, 0.3) is 0 Å². The van der Waals surface area contributed by atoms with Gasteiger partial charge in [-0.3, -0.25) is 4.67 Å². The second-order valence-electron chi connectivity index (χ2n) is 4.45. The lowest BCUT2D eigenvalue weighted by molar-refractivity contribution is 0.367. The molecule has 0 spiro atoms. The summed E-state index contributed by atoms with van der Waals surface area (Å²) in [5, 5.41) is 0.272. The summed E-state index contributed by atoms with van der Waals surface area (Å²) in [5.41, 5.74) is 0. The van der Waals surface area contributed by atoms with E-state index >= 15 is 0 Å². The zero-order valence-electron chi connectivity index (χ0n) is 8.31. The van der Waals surface area contributed by atoms with E-state index in [1.807, 2.05) is 0 Å². The van der Waals surface area contributed by atoms with Gasteiger partial charge in [0.1, 0.15) is 0 Å². The van der Waals surface area contributed by atoms with Crippen LogP contribution in [0.5, 0.6) is 0 Å². The summed E-state index contributed by atoms with van der Waals surface area (Å²) < 4.78 is 2.47. The third kappa shape index (κ3) is 2.87. The first-order valence-electron chi connectivity index (χ1n) is 4.73. The highest BCUT2D eigenvalue weighted by atomic mass is 35.7. The lowest BCUT2D eigenvalue weighted by Gasteiger charge is -2.37. The normalized spacial score (nSPS) is 24.0. The van der Waals surface area contributed by atoms with Gasteiger partial charge in [-0.2, -0.15) is 0 Å². The molecule has 1 rings (SSSR count). The van der Waals surface area contributed by atoms with E-state index in [4.69, 9.17) is 11.2 Å². The van der Waals surface area contributed by atoms with Crippen LogP contribution in [0.4, 0.5) is 0 Å². The van der Waals surface area contributed by atoms with Gasteiger partial charge in [0.25, 0.3) is 0 Å². The fourth-order valence-corrected chi connectivity index (χ4v) is 3.41. The van der Waals surface area contributed by atoms with Crippen LogP contribution in [0, 0.1) is 0 Å². The van der Waals surface area contributed by atoms with E-state index in [1.165, 1.54) is 32.4 Å². The standard InChI is InChI=1S/C9H19ClNP/c1-9(2,3)12(10)11-7-5-4-6-8-11/h4-8H2,1-3H3. The molecule has 1 aliphatic heterocycles. The molecule has 0 amide bonds. The molecular formula is C9H19ClNP. The van der Waals surface area contributed by atoms with Crippen LogP contribution in [0.3, 0.4) is 0 Å². The number of rotatable bonds is 1. The number of nitrogens with zero attached hydrogens (tertiary/aromatic N) is 1. The lowest BCUT2D eigenvalue weighted by Crippen LogP contribution is -2.29. The minimum atomic E-state index is -0.434. The molecule has 0 aliphatic carbocycles. The van der Waals surface area contributed by atoms with Crippen molar-refractivity contribution >= 4 is 18.7 Å². The average Bonchev–Trinajstić information content (AvgIpc) is 2.03. The summed E-state index contributed by atoms with van der Waals surface area (Å²) in [4.78, 5) is 0. The second-order valence-corrected chi connectivity index (χ2v) is 7.83. The smallest absolute Gasteiger partial charge is 0.0681 e. The number of halogens is 1. The van der Waals surface area contributed by atoms with Gasteiger partial charge >= 0.3 is 0 Å². The van der Waals surface area contributed by atoms with Crippen molar-refractivity contribution in [3.05, 3.63) is 0 Å². The predicted octanol–water partition coefficient (Wildman–Crippen LogP) is 3.82. The molecule has 1 aliphatic rings. The molecule has 0 aromatic heterocycles. The Morgan fingerprint density at radius 2 is 1.58 bits per heavy atom. The Kier molecular flexibility index (Phi) is 3.82. The van der Waals surface area contributed by atoms with Gasteiger partial charge in [0.15, 0.2) is 0 Å². The molecule has 0 N–H and O–H groups in total. The molecule has 1 fully saturated rings. The largest absolute Gasteiger partial charge is 0.269 e. The highest BCUT2D eigenvalue weighted by Crippen LogP contribution is 2.57. The van der Waals surface area contributed by atoms with E-state index in [9.17, 15) is 0 Å². The molecule has 1 heterocycles. The molecule has 12 heavy (non-hydrogen) atoms. The first-order valence-corrected chi connectivity index (χ1v) is 6.92. The summed E-state index contributed by atoms with van der Waals surface area (Å²) in [6.45, 7) is 9.14. The van der Waals surface area contributed by atoms with Crippen molar-refractivity contribution < 1.29 is 0 Å². The van der Waals surface area contributed by atoms with Crippen LogP contribution in [-0.4, -0.2) is 22.9 Å². The molecule has 1 saturated heterocycles. The van der Waals surface area contributed by atoms with E-state index in [1.54, 1.807) is 0 Å². The highest BCUT2D eigenvalue weighted by Gasteiger charge is 2.29. The Morgan fingerprint density at radius 3 is 2.00 bits per heavy atom. The summed E-state index contributed by atoms with van der Waals surface area (Å²) in [5.74, 6) is 0. The van der Waals surface area contributed by atoms with E-state index < -0.39 is 7.43 Å². The van der Waals surface area contributed by atoms with Crippen LogP contribution >= 0.6 is 18.7 Å². The maximum Gasteiger partial charge on any atom is 0.0681 e. The fraction of sp³-hybridized carbons (Fsp3) is 1.00. The number of hydrogen-bond donors (Lipinski definition) is 0. The number of hydrogen-bond acceptors (Lipinski definition) is 1. The van der Waals surface area contributed by atoms with Crippen molar-refractivity contribution in [2.45, 2.75) is 45.2 Å². The van der Waals surface area contributed by atoms with Crippen molar-refractivity contribution in [2.24, 2.45) is 0 Å². The Bertz CT molecular complexity index is 138. The SMILES string of the molecule is CC(C)(C)P(Cl)N1CCCCC1. The van der Waals surface area contributed by atoms with Gasteiger partial charge in [-0.25, -0.2) is 0 Å². The van der Waals surface area contributed by atoms with Gasteiger partial charge in [0.2, 0.25) is 0 Å². The molecule has 0 aromatic rings. The number of piperidine rings is 1. The van der Waals surface area contributed by atoms with Crippen molar-refractivity contribution in [3.63, 3.8) is 0 Å². The topological polar surface area (TPSA) is 3.24 Å². The fourth-order valence-electron chi connectivity index (χ4n) is 1.48. The highest BCUT2D eigenvalue weighted by molar-refractivity contribution is 7.83. The maximum absolute atomic E-state index is 6.43. The first-order chi connectivity index (χ1) is 5.52. The Balaban J connectivity index is 2.45. The molecule has 1 unspecified atom stereocenters. The molecule has 1 nitrogen and oxygen atoms in total. The molecule has 0 aromatic carbocycles. The molecule has 0 radical (unpaired) electrons. The quantitative estimate of drug-likeness (QED) is 0.591. The zero-order chi connectivity index (χ0) is 9.19. The first kappa shape index (κ1) is 10.8. The monoisotopic (exact) mass is 207 g/mol. The predicted molar refractivity (Wildman–Crippen MR) is 58.0 cm³/mol. The van der Waals surface area contributed by atoms with Crippen molar-refractivity contribution in [2.75, 3.05) is 13.1 Å². The molecular weight excluding hydrogens is 189 g/mol. The van der Waals surface area contributed by atoms with E-state index in [0.29, 0.717) is 0 Å². The molecule has 3 heteroatoms. The summed E-state index contributed by atoms with van der Waals surface area (Å²) in [6, 6.07) is 0. The minimum Gasteiger partial charge on any atom is -0.269 e. The molecule has 1 atom stereocenters. The van der Waals surface area contributed by atoms with Crippen LogP contribution in [0.1, 0.15) is 40.0 Å². The van der Waals surface area contributed by atoms with Crippen LogP contribution in [0.15, 0.2) is 0 Å². The van der Waals surface area contributed by atoms with Gasteiger partial charge in [0.05, 0.1) is 7.43 Å². The molecule has 0 saturated carbocycles. The third-order valence-electron chi connectivity index (χ3n) is 2.13. The van der Waals surface area contributed by atoms with Gasteiger partial charge < -0.3 is 0 Å². The summed E-state index contributed by atoms with van der Waals surface area (Å²) in [6.07, 6.45) is 4.06. The third-order valence-corrected chi connectivity index (χ3v) is 6.30. The average molecular weight is 208 g/mol. The van der Waals surface area contributed by atoms with Gasteiger partial charge in [-0.15, -0.1) is 0 Å². The van der Waals surface area contributed by atoms with Crippen LogP contribution in [-0.2, 0) is 0 Å². The van der Waals surface area contributed by atoms with Gasteiger partial charge in [-0.1, -0.05) is 38.4 Å². The van der Waals surface area contributed by atoms with E-state index in [0.717, 1.165) is 0 Å². The van der Waals surface area contributed by atoms with Crippen LogP contribution < -0.4 is 0 Å². The second kappa shape index (κ2) is 4.26. The Morgan fingerprint density at radius 1 is 1.08 bits per heavy atom. The van der Waals surface area contributed by atoms with Crippen molar-refractivity contribution in [1.29, 1.82) is 0 Å². The Hall–Kier alpha value is 0.680. The molecule has 0 bridgehead atoms. The van der Waals surface area contributed by atoms with Crippen LogP contribution in [0.2, 0.25) is 0 Å². The zero-order valence-corrected chi connectivity index (χ0v) is 9.96. The van der Waals surface area contributed by atoms with Gasteiger partial charge in [0, 0.05) is 18.2 Å².